The number of anilines is 1. The smallest absolute Gasteiger partial charge is 0.264 e. The second-order valence-electron chi connectivity index (χ2n) is 10.4. The summed E-state index contributed by atoms with van der Waals surface area (Å²) < 4.78 is 34.6. The number of carbonyl (C=O) groups excluding carboxylic acids is 2. The number of hydrogen-bond acceptors (Lipinski definition) is 5. The van der Waals surface area contributed by atoms with Crippen LogP contribution in [0.2, 0.25) is 5.02 Å². The Morgan fingerprint density at radius 2 is 1.67 bits per heavy atom. The van der Waals surface area contributed by atoms with Gasteiger partial charge in [-0.05, 0) is 81.1 Å². The van der Waals surface area contributed by atoms with Crippen LogP contribution in [-0.2, 0) is 26.2 Å². The van der Waals surface area contributed by atoms with Gasteiger partial charge in [-0.25, -0.2) is 8.42 Å². The zero-order valence-corrected chi connectivity index (χ0v) is 26.6. The standard InChI is InChI=1S/C32H40ClN3O5S/c1-7-24(5)34-32(38)29(8-2)35(20-25-10-9-11-27(18-25)41-6)31(37)21-36(30-19-26(33)15-14-23(30)4)42(39,40)28-16-12-22(3)13-17-28/h9-19,24,29H,7-8,20-21H2,1-6H3,(H,34,38)/t24-,29-/m0/s1. The summed E-state index contributed by atoms with van der Waals surface area (Å²) in [6, 6.07) is 17.7. The first kappa shape index (κ1) is 32.9. The van der Waals surface area contributed by atoms with Gasteiger partial charge in [-0.15, -0.1) is 0 Å². The van der Waals surface area contributed by atoms with E-state index in [1.54, 1.807) is 56.5 Å². The van der Waals surface area contributed by atoms with Gasteiger partial charge in [0.15, 0.2) is 0 Å². The molecule has 0 aliphatic heterocycles. The molecule has 0 saturated carbocycles. The SMILES string of the molecule is CC[C@H](C)NC(=O)[C@H](CC)N(Cc1cccc(OC)c1)C(=O)CN(c1cc(Cl)ccc1C)S(=O)(=O)c1ccc(C)cc1. The van der Waals surface area contributed by atoms with E-state index in [-0.39, 0.29) is 29.1 Å². The molecule has 42 heavy (non-hydrogen) atoms. The molecule has 226 valence electrons. The van der Waals surface area contributed by atoms with Crippen molar-refractivity contribution in [2.75, 3.05) is 18.0 Å². The second kappa shape index (κ2) is 14.6. The number of methoxy groups -OCH3 is 1. The van der Waals surface area contributed by atoms with Gasteiger partial charge in [-0.1, -0.05) is 61.3 Å². The normalized spacial score (nSPS) is 12.7. The third-order valence-corrected chi connectivity index (χ3v) is 9.21. The molecule has 0 bridgehead atoms. The fourth-order valence-electron chi connectivity index (χ4n) is 4.53. The van der Waals surface area contributed by atoms with Gasteiger partial charge in [0.1, 0.15) is 18.3 Å². The molecule has 0 saturated heterocycles. The molecular formula is C32H40ClN3O5S. The zero-order chi connectivity index (χ0) is 31.0. The summed E-state index contributed by atoms with van der Waals surface area (Å²) in [6.45, 7) is 8.86. The minimum atomic E-state index is -4.19. The lowest BCUT2D eigenvalue weighted by Crippen LogP contribution is -2.53. The Labute approximate surface area is 254 Å². The summed E-state index contributed by atoms with van der Waals surface area (Å²) >= 11 is 6.31. The lowest BCUT2D eigenvalue weighted by atomic mass is 10.1. The summed E-state index contributed by atoms with van der Waals surface area (Å²) in [4.78, 5) is 29.2. The van der Waals surface area contributed by atoms with Crippen molar-refractivity contribution < 1.29 is 22.7 Å². The number of carbonyl (C=O) groups is 2. The lowest BCUT2D eigenvalue weighted by Gasteiger charge is -2.34. The number of benzene rings is 3. The Morgan fingerprint density at radius 3 is 2.29 bits per heavy atom. The van der Waals surface area contributed by atoms with E-state index in [1.807, 2.05) is 33.8 Å². The number of nitrogens with zero attached hydrogens (tertiary/aromatic N) is 2. The molecule has 0 fully saturated rings. The molecular weight excluding hydrogens is 574 g/mol. The van der Waals surface area contributed by atoms with Crippen molar-refractivity contribution in [1.82, 2.24) is 10.2 Å². The van der Waals surface area contributed by atoms with Crippen LogP contribution in [0.1, 0.15) is 50.3 Å². The molecule has 0 aliphatic rings. The maximum absolute atomic E-state index is 14.2. The summed E-state index contributed by atoms with van der Waals surface area (Å²) in [5, 5.41) is 3.31. The van der Waals surface area contributed by atoms with E-state index >= 15 is 0 Å². The first-order valence-electron chi connectivity index (χ1n) is 14.0. The summed E-state index contributed by atoms with van der Waals surface area (Å²) in [6.07, 6.45) is 1.06. The minimum Gasteiger partial charge on any atom is -0.497 e. The van der Waals surface area contributed by atoms with Crippen LogP contribution in [0.5, 0.6) is 5.75 Å². The van der Waals surface area contributed by atoms with E-state index in [0.717, 1.165) is 21.9 Å². The number of nitrogens with one attached hydrogen (secondary N) is 1. The Morgan fingerprint density at radius 1 is 0.976 bits per heavy atom. The number of sulfonamides is 1. The molecule has 3 rings (SSSR count). The third kappa shape index (κ3) is 8.04. The van der Waals surface area contributed by atoms with Crippen molar-refractivity contribution in [1.29, 1.82) is 0 Å². The van der Waals surface area contributed by atoms with Crippen molar-refractivity contribution in [2.45, 2.75) is 71.0 Å². The fraction of sp³-hybridized carbons (Fsp3) is 0.375. The minimum absolute atomic E-state index is 0.0428. The van der Waals surface area contributed by atoms with Crippen LogP contribution in [0.15, 0.2) is 71.6 Å². The highest BCUT2D eigenvalue weighted by atomic mass is 35.5. The maximum Gasteiger partial charge on any atom is 0.264 e. The predicted octanol–water partition coefficient (Wildman–Crippen LogP) is 5.88. The Kier molecular flexibility index (Phi) is 11.4. The molecule has 2 atom stereocenters. The van der Waals surface area contributed by atoms with Crippen LogP contribution in [0.25, 0.3) is 0 Å². The van der Waals surface area contributed by atoms with E-state index < -0.39 is 28.5 Å². The van der Waals surface area contributed by atoms with Crippen molar-refractivity contribution >= 4 is 39.1 Å². The molecule has 10 heteroatoms. The number of aryl methyl sites for hydroxylation is 2. The number of hydrogen-bond donors (Lipinski definition) is 1. The quantitative estimate of drug-likeness (QED) is 0.260. The van der Waals surface area contributed by atoms with Crippen LogP contribution < -0.4 is 14.4 Å². The fourth-order valence-corrected chi connectivity index (χ4v) is 6.17. The van der Waals surface area contributed by atoms with E-state index in [1.165, 1.54) is 23.1 Å². The molecule has 0 spiro atoms. The monoisotopic (exact) mass is 613 g/mol. The molecule has 8 nitrogen and oxygen atoms in total. The van der Waals surface area contributed by atoms with Gasteiger partial charge in [0.25, 0.3) is 10.0 Å². The second-order valence-corrected chi connectivity index (χ2v) is 12.7. The van der Waals surface area contributed by atoms with Crippen LogP contribution in [0, 0.1) is 13.8 Å². The van der Waals surface area contributed by atoms with Gasteiger partial charge in [0.2, 0.25) is 11.8 Å². The average Bonchev–Trinajstić information content (AvgIpc) is 2.97. The average molecular weight is 614 g/mol. The Bertz CT molecular complexity index is 1490. The summed E-state index contributed by atoms with van der Waals surface area (Å²) in [5.74, 6) is -0.218. The van der Waals surface area contributed by atoms with E-state index in [0.29, 0.717) is 22.8 Å². The molecule has 0 heterocycles. The van der Waals surface area contributed by atoms with E-state index in [9.17, 15) is 18.0 Å². The van der Waals surface area contributed by atoms with Gasteiger partial charge < -0.3 is 15.0 Å². The van der Waals surface area contributed by atoms with Gasteiger partial charge in [0, 0.05) is 17.6 Å². The highest BCUT2D eigenvalue weighted by Crippen LogP contribution is 2.30. The van der Waals surface area contributed by atoms with Crippen molar-refractivity contribution in [3.63, 3.8) is 0 Å². The first-order valence-corrected chi connectivity index (χ1v) is 15.8. The molecule has 0 unspecified atom stereocenters. The van der Waals surface area contributed by atoms with Crippen molar-refractivity contribution in [3.8, 4) is 5.75 Å². The molecule has 0 radical (unpaired) electrons. The summed E-state index contributed by atoms with van der Waals surface area (Å²) in [5.41, 5.74) is 2.56. The van der Waals surface area contributed by atoms with E-state index in [4.69, 9.17) is 16.3 Å². The molecule has 2 amide bonds. The van der Waals surface area contributed by atoms with Gasteiger partial charge in [-0.3, -0.25) is 13.9 Å². The highest BCUT2D eigenvalue weighted by molar-refractivity contribution is 7.92. The van der Waals surface area contributed by atoms with Crippen LogP contribution in [0.3, 0.4) is 0 Å². The van der Waals surface area contributed by atoms with Crippen molar-refractivity contribution in [2.24, 2.45) is 0 Å². The molecule has 3 aromatic carbocycles. The van der Waals surface area contributed by atoms with E-state index in [2.05, 4.69) is 5.32 Å². The molecule has 0 aliphatic carbocycles. The summed E-state index contributed by atoms with van der Waals surface area (Å²) in [7, 11) is -2.64. The van der Waals surface area contributed by atoms with Crippen molar-refractivity contribution in [3.05, 3.63) is 88.4 Å². The largest absolute Gasteiger partial charge is 0.497 e. The van der Waals surface area contributed by atoms with Gasteiger partial charge >= 0.3 is 0 Å². The lowest BCUT2D eigenvalue weighted by molar-refractivity contribution is -0.140. The van der Waals surface area contributed by atoms with Crippen LogP contribution >= 0.6 is 11.6 Å². The Hall–Kier alpha value is -3.56. The van der Waals surface area contributed by atoms with Crippen LogP contribution in [0.4, 0.5) is 5.69 Å². The number of rotatable bonds is 13. The highest BCUT2D eigenvalue weighted by Gasteiger charge is 2.34. The topological polar surface area (TPSA) is 96.0 Å². The third-order valence-electron chi connectivity index (χ3n) is 7.20. The molecule has 3 aromatic rings. The maximum atomic E-state index is 14.2. The molecule has 0 aromatic heterocycles. The van der Waals surface area contributed by atoms with Gasteiger partial charge in [0.05, 0.1) is 17.7 Å². The zero-order valence-electron chi connectivity index (χ0n) is 25.1. The predicted molar refractivity (Wildman–Crippen MR) is 167 cm³/mol. The van der Waals surface area contributed by atoms with Gasteiger partial charge in [-0.2, -0.15) is 0 Å². The van der Waals surface area contributed by atoms with Crippen LogP contribution in [-0.4, -0.2) is 50.9 Å². The Balaban J connectivity index is 2.11. The molecule has 1 N–H and O–H groups in total. The first-order chi connectivity index (χ1) is 19.9. The number of halogens is 1. The number of ether oxygens (including phenoxy) is 1. The number of amides is 2.